The van der Waals surface area contributed by atoms with Crippen molar-refractivity contribution < 1.29 is 9.53 Å². The van der Waals surface area contributed by atoms with Crippen molar-refractivity contribution in [1.29, 1.82) is 0 Å². The molecule has 146 valence electrons. The van der Waals surface area contributed by atoms with Gasteiger partial charge in [-0.15, -0.1) is 10.2 Å². The van der Waals surface area contributed by atoms with Gasteiger partial charge in [0.15, 0.2) is 4.34 Å². The lowest BCUT2D eigenvalue weighted by Gasteiger charge is -2.09. The van der Waals surface area contributed by atoms with E-state index in [1.54, 1.807) is 6.07 Å². The SMILES string of the molecule is CCOc1ccccc1Nc1nnc(SCC(=O)Nc2ccc(C)cc2Cl)s1. The Hall–Kier alpha value is -2.29. The number of amides is 1. The number of aromatic nitrogens is 2. The second-order valence-corrected chi connectivity index (χ2v) is 8.35. The number of benzene rings is 2. The molecule has 1 heterocycles. The third-order valence-corrected chi connectivity index (χ3v) is 5.85. The number of rotatable bonds is 8. The molecule has 0 aliphatic carbocycles. The third-order valence-electron chi connectivity index (χ3n) is 3.56. The molecule has 0 bridgehead atoms. The minimum Gasteiger partial charge on any atom is -0.492 e. The number of hydrogen-bond donors (Lipinski definition) is 2. The van der Waals surface area contributed by atoms with Gasteiger partial charge in [0.05, 0.1) is 28.8 Å². The van der Waals surface area contributed by atoms with Crippen molar-refractivity contribution in [2.45, 2.75) is 18.2 Å². The maximum absolute atomic E-state index is 12.2. The summed E-state index contributed by atoms with van der Waals surface area (Å²) in [5, 5.41) is 15.4. The van der Waals surface area contributed by atoms with Gasteiger partial charge in [0.2, 0.25) is 11.0 Å². The molecule has 0 aliphatic rings. The summed E-state index contributed by atoms with van der Waals surface area (Å²) in [7, 11) is 0. The van der Waals surface area contributed by atoms with E-state index in [1.807, 2.05) is 50.2 Å². The van der Waals surface area contributed by atoms with Crippen molar-refractivity contribution in [3.63, 3.8) is 0 Å². The van der Waals surface area contributed by atoms with Gasteiger partial charge in [-0.25, -0.2) is 0 Å². The van der Waals surface area contributed by atoms with E-state index in [-0.39, 0.29) is 11.7 Å². The lowest BCUT2D eigenvalue weighted by atomic mass is 10.2. The van der Waals surface area contributed by atoms with Crippen LogP contribution in [-0.4, -0.2) is 28.5 Å². The fourth-order valence-electron chi connectivity index (χ4n) is 2.32. The molecule has 2 N–H and O–H groups in total. The van der Waals surface area contributed by atoms with Crippen LogP contribution in [0.5, 0.6) is 5.75 Å². The molecular formula is C19H19ClN4O2S2. The molecule has 0 fully saturated rings. The van der Waals surface area contributed by atoms with Crippen LogP contribution in [0.3, 0.4) is 0 Å². The molecule has 9 heteroatoms. The Morgan fingerprint density at radius 2 is 2.04 bits per heavy atom. The molecule has 0 spiro atoms. The molecule has 1 amide bonds. The molecule has 1 aromatic heterocycles. The maximum atomic E-state index is 12.2. The summed E-state index contributed by atoms with van der Waals surface area (Å²) in [6, 6.07) is 13.1. The number of hydrogen-bond acceptors (Lipinski definition) is 7. The predicted octanol–water partition coefficient (Wildman–Crippen LogP) is 5.37. The average molecular weight is 435 g/mol. The molecule has 0 saturated heterocycles. The molecule has 0 aliphatic heterocycles. The summed E-state index contributed by atoms with van der Waals surface area (Å²) in [6.07, 6.45) is 0. The zero-order valence-electron chi connectivity index (χ0n) is 15.4. The van der Waals surface area contributed by atoms with E-state index in [2.05, 4.69) is 20.8 Å². The van der Waals surface area contributed by atoms with Gasteiger partial charge < -0.3 is 15.4 Å². The van der Waals surface area contributed by atoms with E-state index in [9.17, 15) is 4.79 Å². The highest BCUT2D eigenvalue weighted by Crippen LogP contribution is 2.32. The number of para-hydroxylation sites is 2. The number of carbonyl (C=O) groups is 1. The molecule has 0 atom stereocenters. The topological polar surface area (TPSA) is 76.1 Å². The van der Waals surface area contributed by atoms with Gasteiger partial charge >= 0.3 is 0 Å². The molecule has 0 unspecified atom stereocenters. The molecular weight excluding hydrogens is 416 g/mol. The summed E-state index contributed by atoms with van der Waals surface area (Å²) in [4.78, 5) is 12.2. The van der Waals surface area contributed by atoms with E-state index in [1.165, 1.54) is 23.1 Å². The Balaban J connectivity index is 1.55. The molecule has 0 saturated carbocycles. The second kappa shape index (κ2) is 9.77. The van der Waals surface area contributed by atoms with Crippen LogP contribution in [0.15, 0.2) is 46.8 Å². The highest BCUT2D eigenvalue weighted by molar-refractivity contribution is 8.01. The van der Waals surface area contributed by atoms with Crippen molar-refractivity contribution in [2.75, 3.05) is 23.0 Å². The number of nitrogens with one attached hydrogen (secondary N) is 2. The number of halogens is 1. The minimum absolute atomic E-state index is 0.151. The smallest absolute Gasteiger partial charge is 0.234 e. The average Bonchev–Trinajstić information content (AvgIpc) is 3.12. The van der Waals surface area contributed by atoms with Crippen LogP contribution in [0, 0.1) is 6.92 Å². The van der Waals surface area contributed by atoms with Crippen molar-refractivity contribution in [2.24, 2.45) is 0 Å². The zero-order chi connectivity index (χ0) is 19.9. The number of ether oxygens (including phenoxy) is 1. The number of anilines is 3. The third kappa shape index (κ3) is 5.60. The quantitative estimate of drug-likeness (QED) is 0.464. The van der Waals surface area contributed by atoms with Crippen molar-refractivity contribution in [3.05, 3.63) is 53.1 Å². The van der Waals surface area contributed by atoms with Crippen molar-refractivity contribution >= 4 is 57.1 Å². The van der Waals surface area contributed by atoms with E-state index < -0.39 is 0 Å². The summed E-state index contributed by atoms with van der Waals surface area (Å²) in [5.41, 5.74) is 2.46. The Morgan fingerprint density at radius 3 is 2.82 bits per heavy atom. The Labute approximate surface area is 176 Å². The van der Waals surface area contributed by atoms with E-state index in [0.717, 1.165) is 17.0 Å². The molecule has 6 nitrogen and oxygen atoms in total. The van der Waals surface area contributed by atoms with Gasteiger partial charge in [-0.2, -0.15) is 0 Å². The van der Waals surface area contributed by atoms with Crippen LogP contribution < -0.4 is 15.4 Å². The number of aryl methyl sites for hydroxylation is 1. The fourth-order valence-corrected chi connectivity index (χ4v) is 4.17. The van der Waals surface area contributed by atoms with Gasteiger partial charge in [-0.1, -0.05) is 52.9 Å². The second-order valence-electron chi connectivity index (χ2n) is 5.75. The first-order valence-electron chi connectivity index (χ1n) is 8.56. The number of carbonyl (C=O) groups excluding carboxylic acids is 1. The van der Waals surface area contributed by atoms with Gasteiger partial charge in [0.1, 0.15) is 5.75 Å². The summed E-state index contributed by atoms with van der Waals surface area (Å²) in [5.74, 6) is 0.819. The van der Waals surface area contributed by atoms with Gasteiger partial charge in [0, 0.05) is 0 Å². The maximum Gasteiger partial charge on any atom is 0.234 e. The Kier molecular flexibility index (Phi) is 7.13. The van der Waals surface area contributed by atoms with Gasteiger partial charge in [-0.05, 0) is 43.7 Å². The molecule has 2 aromatic carbocycles. The highest BCUT2D eigenvalue weighted by atomic mass is 35.5. The van der Waals surface area contributed by atoms with E-state index in [4.69, 9.17) is 16.3 Å². The summed E-state index contributed by atoms with van der Waals surface area (Å²) < 4.78 is 6.29. The van der Waals surface area contributed by atoms with Crippen LogP contribution in [0.4, 0.5) is 16.5 Å². The Bertz CT molecular complexity index is 965. The molecule has 28 heavy (non-hydrogen) atoms. The first kappa shape index (κ1) is 20.4. The van der Waals surface area contributed by atoms with Crippen LogP contribution in [0.25, 0.3) is 0 Å². The van der Waals surface area contributed by atoms with E-state index >= 15 is 0 Å². The molecule has 0 radical (unpaired) electrons. The van der Waals surface area contributed by atoms with Crippen LogP contribution >= 0.6 is 34.7 Å². The number of nitrogens with zero attached hydrogens (tertiary/aromatic N) is 2. The number of thioether (sulfide) groups is 1. The summed E-state index contributed by atoms with van der Waals surface area (Å²) >= 11 is 8.84. The Morgan fingerprint density at radius 1 is 1.21 bits per heavy atom. The normalized spacial score (nSPS) is 10.5. The highest BCUT2D eigenvalue weighted by Gasteiger charge is 2.11. The predicted molar refractivity (Wildman–Crippen MR) is 116 cm³/mol. The van der Waals surface area contributed by atoms with Crippen molar-refractivity contribution in [3.8, 4) is 5.75 Å². The monoisotopic (exact) mass is 434 g/mol. The molecule has 3 rings (SSSR count). The minimum atomic E-state index is -0.151. The van der Waals surface area contributed by atoms with Gasteiger partial charge in [0.25, 0.3) is 0 Å². The largest absolute Gasteiger partial charge is 0.492 e. The van der Waals surface area contributed by atoms with Gasteiger partial charge in [-0.3, -0.25) is 4.79 Å². The first-order chi connectivity index (χ1) is 13.5. The van der Waals surface area contributed by atoms with E-state index in [0.29, 0.717) is 26.8 Å². The first-order valence-corrected chi connectivity index (χ1v) is 10.7. The summed E-state index contributed by atoms with van der Waals surface area (Å²) in [6.45, 7) is 4.46. The lowest BCUT2D eigenvalue weighted by Crippen LogP contribution is -2.14. The zero-order valence-corrected chi connectivity index (χ0v) is 17.7. The van der Waals surface area contributed by atoms with Crippen LogP contribution in [0.1, 0.15) is 12.5 Å². The van der Waals surface area contributed by atoms with Crippen molar-refractivity contribution in [1.82, 2.24) is 10.2 Å². The van der Waals surface area contributed by atoms with Crippen LogP contribution in [-0.2, 0) is 4.79 Å². The fraction of sp³-hybridized carbons (Fsp3) is 0.211. The lowest BCUT2D eigenvalue weighted by molar-refractivity contribution is -0.113. The standard InChI is InChI=1S/C19H19ClN4O2S2/c1-3-26-16-7-5-4-6-15(16)22-18-23-24-19(28-18)27-11-17(25)21-14-9-8-12(2)10-13(14)20/h4-10H,3,11H2,1-2H3,(H,21,25)(H,22,23). The van der Waals surface area contributed by atoms with Crippen LogP contribution in [0.2, 0.25) is 5.02 Å². The molecule has 3 aromatic rings.